The van der Waals surface area contributed by atoms with Crippen LogP contribution in [0.1, 0.15) is 28.8 Å². The second-order valence-electron chi connectivity index (χ2n) is 8.93. The summed E-state index contributed by atoms with van der Waals surface area (Å²) in [6, 6.07) is 17.6. The number of carbonyl (C=O) groups is 1. The van der Waals surface area contributed by atoms with Crippen molar-refractivity contribution in [2.45, 2.75) is 36.5 Å². The molecule has 2 aromatic carbocycles. The molecule has 1 amide bonds. The molecule has 1 atom stereocenters. The molecule has 9 nitrogen and oxygen atoms in total. The van der Waals surface area contributed by atoms with Gasteiger partial charge in [0.05, 0.1) is 6.61 Å². The summed E-state index contributed by atoms with van der Waals surface area (Å²) in [4.78, 5) is 18.8. The molecular weight excluding hydrogens is 576 g/mol. The van der Waals surface area contributed by atoms with Gasteiger partial charge in [-0.15, -0.1) is 11.3 Å². The van der Waals surface area contributed by atoms with Crippen molar-refractivity contribution >= 4 is 38.6 Å². The molecule has 1 aliphatic heterocycles. The van der Waals surface area contributed by atoms with Gasteiger partial charge in [0.1, 0.15) is 4.21 Å². The smallest absolute Gasteiger partial charge is 0.387 e. The largest absolute Gasteiger partial charge is 0.461 e. The minimum Gasteiger partial charge on any atom is -0.461 e. The van der Waals surface area contributed by atoms with Crippen LogP contribution in [0.15, 0.2) is 88.7 Å². The zero-order valence-electron chi connectivity index (χ0n) is 21.5. The number of pyridine rings is 1. The van der Waals surface area contributed by atoms with E-state index in [1.807, 2.05) is 11.0 Å². The van der Waals surface area contributed by atoms with Crippen molar-refractivity contribution in [1.29, 1.82) is 0 Å². The van der Waals surface area contributed by atoms with Gasteiger partial charge >= 0.3 is 6.61 Å². The van der Waals surface area contributed by atoms with Gasteiger partial charge in [-0.05, 0) is 65.9 Å². The average molecular weight is 602 g/mol. The summed E-state index contributed by atoms with van der Waals surface area (Å²) in [5.74, 6) is -0.801. The quantitative estimate of drug-likeness (QED) is 0.233. The molecule has 1 saturated heterocycles. The summed E-state index contributed by atoms with van der Waals surface area (Å²) in [7, 11) is -3.99. The Morgan fingerprint density at radius 3 is 2.56 bits per heavy atom. The van der Waals surface area contributed by atoms with E-state index in [-0.39, 0.29) is 21.3 Å². The monoisotopic (exact) mass is 601 g/mol. The lowest BCUT2D eigenvalue weighted by molar-refractivity contribution is -0.0632. The van der Waals surface area contributed by atoms with Crippen LogP contribution in [0.2, 0.25) is 0 Å². The second-order valence-corrected chi connectivity index (χ2v) is 11.8. The molecule has 0 saturated carbocycles. The van der Waals surface area contributed by atoms with E-state index >= 15 is 0 Å². The van der Waals surface area contributed by atoms with E-state index in [4.69, 9.17) is 9.47 Å². The lowest BCUT2D eigenvalue weighted by Gasteiger charge is -2.27. The van der Waals surface area contributed by atoms with Gasteiger partial charge in [0, 0.05) is 48.4 Å². The summed E-state index contributed by atoms with van der Waals surface area (Å²) >= 11 is 1.00. The summed E-state index contributed by atoms with van der Waals surface area (Å²) in [6.45, 7) is -2.20. The van der Waals surface area contributed by atoms with Crippen LogP contribution in [-0.4, -0.2) is 38.8 Å². The fourth-order valence-electron chi connectivity index (χ4n) is 4.18. The number of aromatic nitrogens is 1. The minimum absolute atomic E-state index is 0.0328. The SMILES string of the molecule is O=C(NS(=O)(=O)c1cccs1)c1ccc(N(Cc2cccnc2)c2ccc(OC(F)F)c(OC3CCCO3)c2)cc1. The molecule has 3 heterocycles. The molecule has 1 N–H and O–H groups in total. The molecule has 2 aromatic heterocycles. The molecule has 1 aliphatic rings. The van der Waals surface area contributed by atoms with Crippen LogP contribution < -0.4 is 19.1 Å². The van der Waals surface area contributed by atoms with Crippen molar-refractivity contribution in [2.75, 3.05) is 11.5 Å². The summed E-state index contributed by atoms with van der Waals surface area (Å²) in [6.07, 6.45) is 4.17. The highest BCUT2D eigenvalue weighted by Crippen LogP contribution is 2.38. The molecule has 1 unspecified atom stereocenters. The average Bonchev–Trinajstić information content (AvgIpc) is 3.69. The van der Waals surface area contributed by atoms with E-state index in [0.717, 1.165) is 23.3 Å². The van der Waals surface area contributed by atoms with Crippen molar-refractivity contribution in [3.63, 3.8) is 0 Å². The number of benzene rings is 2. The first-order valence-corrected chi connectivity index (χ1v) is 14.9. The standard InChI is InChI=1S/C28H25F2N3O6S2/c29-28(30)39-23-12-11-22(16-24(23)38-25-5-2-14-37-25)33(18-19-4-1-13-31-17-19)21-9-7-20(8-10-21)27(34)32-41(35,36)26-6-3-15-40-26/h1,3-4,6-13,15-17,25,28H,2,5,14,18H2,(H,32,34). The Morgan fingerprint density at radius 2 is 1.90 bits per heavy atom. The minimum atomic E-state index is -3.99. The van der Waals surface area contributed by atoms with Gasteiger partial charge in [-0.2, -0.15) is 8.78 Å². The van der Waals surface area contributed by atoms with Crippen LogP contribution in [0.5, 0.6) is 11.5 Å². The van der Waals surface area contributed by atoms with E-state index < -0.39 is 28.8 Å². The van der Waals surface area contributed by atoms with Crippen molar-refractivity contribution in [3.05, 3.63) is 95.6 Å². The van der Waals surface area contributed by atoms with E-state index in [1.54, 1.807) is 54.2 Å². The van der Waals surface area contributed by atoms with Crippen molar-refractivity contribution in [3.8, 4) is 11.5 Å². The Hall–Kier alpha value is -4.07. The first kappa shape index (κ1) is 28.5. The molecule has 4 aromatic rings. The Labute approximate surface area is 239 Å². The Kier molecular flexibility index (Phi) is 8.76. The number of amides is 1. The number of thiophene rings is 1. The van der Waals surface area contributed by atoms with Gasteiger partial charge in [-0.1, -0.05) is 12.1 Å². The van der Waals surface area contributed by atoms with Gasteiger partial charge in [0.15, 0.2) is 17.8 Å². The number of nitrogens with zero attached hydrogens (tertiary/aromatic N) is 2. The molecule has 5 rings (SSSR count). The van der Waals surface area contributed by atoms with Crippen LogP contribution >= 0.6 is 11.3 Å². The number of alkyl halides is 2. The number of halogens is 2. The maximum absolute atomic E-state index is 13.1. The van der Waals surface area contributed by atoms with E-state index in [1.165, 1.54) is 24.3 Å². The van der Waals surface area contributed by atoms with Crippen molar-refractivity contribution in [1.82, 2.24) is 9.71 Å². The van der Waals surface area contributed by atoms with Crippen LogP contribution in [-0.2, 0) is 21.3 Å². The zero-order valence-corrected chi connectivity index (χ0v) is 23.1. The third-order valence-corrected chi connectivity index (χ3v) is 8.82. The van der Waals surface area contributed by atoms with Gasteiger partial charge in [-0.3, -0.25) is 9.78 Å². The predicted octanol–water partition coefficient (Wildman–Crippen LogP) is 5.72. The van der Waals surface area contributed by atoms with Crippen LogP contribution in [0.25, 0.3) is 0 Å². The number of carbonyl (C=O) groups excluding carboxylic acids is 1. The molecule has 0 radical (unpaired) electrons. The third-order valence-electron chi connectivity index (χ3n) is 6.09. The molecule has 0 bridgehead atoms. The normalized spacial score (nSPS) is 15.0. The van der Waals surface area contributed by atoms with Crippen LogP contribution in [0.4, 0.5) is 20.2 Å². The first-order valence-electron chi connectivity index (χ1n) is 12.5. The predicted molar refractivity (Wildman–Crippen MR) is 148 cm³/mol. The summed E-state index contributed by atoms with van der Waals surface area (Å²) in [5, 5.41) is 1.61. The number of rotatable bonds is 11. The van der Waals surface area contributed by atoms with Crippen molar-refractivity contribution in [2.24, 2.45) is 0 Å². The molecule has 214 valence electrons. The first-order chi connectivity index (χ1) is 19.8. The summed E-state index contributed by atoms with van der Waals surface area (Å²) < 4.78 is 69.4. The Bertz CT molecular complexity index is 1560. The topological polar surface area (TPSA) is 107 Å². The number of hydrogen-bond donors (Lipinski definition) is 1. The lowest BCUT2D eigenvalue weighted by atomic mass is 10.1. The van der Waals surface area contributed by atoms with Crippen LogP contribution in [0, 0.1) is 0 Å². The Morgan fingerprint density at radius 1 is 1.10 bits per heavy atom. The van der Waals surface area contributed by atoms with Gasteiger partial charge in [0.2, 0.25) is 0 Å². The van der Waals surface area contributed by atoms with Gasteiger partial charge in [-0.25, -0.2) is 13.1 Å². The third kappa shape index (κ3) is 7.17. The molecule has 13 heteroatoms. The van der Waals surface area contributed by atoms with Crippen LogP contribution in [0.3, 0.4) is 0 Å². The number of nitrogens with one attached hydrogen (secondary N) is 1. The molecule has 0 spiro atoms. The summed E-state index contributed by atoms with van der Waals surface area (Å²) in [5.41, 5.74) is 2.21. The molecule has 1 fully saturated rings. The zero-order chi connectivity index (χ0) is 28.8. The van der Waals surface area contributed by atoms with E-state index in [0.29, 0.717) is 30.9 Å². The van der Waals surface area contributed by atoms with Gasteiger partial charge in [0.25, 0.3) is 15.9 Å². The number of hydrogen-bond acceptors (Lipinski definition) is 9. The maximum atomic E-state index is 13.1. The molecule has 0 aliphatic carbocycles. The number of sulfonamides is 1. The fourth-order valence-corrected chi connectivity index (χ4v) is 6.15. The van der Waals surface area contributed by atoms with E-state index in [2.05, 4.69) is 14.4 Å². The maximum Gasteiger partial charge on any atom is 0.387 e. The highest BCUT2D eigenvalue weighted by molar-refractivity contribution is 7.92. The fraction of sp³-hybridized carbons (Fsp3) is 0.214. The molecular formula is C28H25F2N3O6S2. The van der Waals surface area contributed by atoms with E-state index in [9.17, 15) is 22.0 Å². The van der Waals surface area contributed by atoms with Gasteiger partial charge < -0.3 is 19.1 Å². The lowest BCUT2D eigenvalue weighted by Crippen LogP contribution is -2.30. The number of anilines is 2. The highest BCUT2D eigenvalue weighted by Gasteiger charge is 2.23. The second kappa shape index (κ2) is 12.6. The highest BCUT2D eigenvalue weighted by atomic mass is 32.2. The molecule has 41 heavy (non-hydrogen) atoms. The Balaban J connectivity index is 1.45. The number of ether oxygens (including phenoxy) is 3. The van der Waals surface area contributed by atoms with Crippen molar-refractivity contribution < 1.29 is 36.2 Å².